The molecule has 8 heteroatoms. The second-order valence-corrected chi connectivity index (χ2v) is 9.78. The minimum absolute atomic E-state index is 0.133. The van der Waals surface area contributed by atoms with Crippen molar-refractivity contribution in [3.8, 4) is 28.4 Å². The fraction of sp³-hybridized carbons (Fsp3) is 0.188. The average Bonchev–Trinajstić information content (AvgIpc) is 3.41. The second kappa shape index (κ2) is 11.9. The molecule has 2 heterocycles. The highest BCUT2D eigenvalue weighted by atomic mass is 16.3. The van der Waals surface area contributed by atoms with Gasteiger partial charge in [-0.3, -0.25) is 24.6 Å². The van der Waals surface area contributed by atoms with Crippen molar-refractivity contribution in [1.29, 1.82) is 0 Å². The highest BCUT2D eigenvalue weighted by Crippen LogP contribution is 2.28. The lowest BCUT2D eigenvalue weighted by atomic mass is 10.0. The molecule has 0 spiro atoms. The van der Waals surface area contributed by atoms with Crippen molar-refractivity contribution >= 4 is 22.6 Å². The Hall–Kier alpha value is -4.82. The molecule has 40 heavy (non-hydrogen) atoms. The molecule has 5 aromatic rings. The number of phenols is 1. The van der Waals surface area contributed by atoms with E-state index in [0.29, 0.717) is 5.56 Å². The predicted molar refractivity (Wildman–Crippen MR) is 156 cm³/mol. The van der Waals surface area contributed by atoms with Crippen molar-refractivity contribution < 1.29 is 14.7 Å². The van der Waals surface area contributed by atoms with Crippen LogP contribution in [0.25, 0.3) is 33.4 Å². The summed E-state index contributed by atoms with van der Waals surface area (Å²) in [4.78, 5) is 30.3. The van der Waals surface area contributed by atoms with Crippen LogP contribution in [-0.2, 0) is 17.8 Å². The molecule has 0 saturated heterocycles. The Kier molecular flexibility index (Phi) is 7.98. The van der Waals surface area contributed by atoms with E-state index in [4.69, 9.17) is 10.8 Å². The molecule has 0 aliphatic carbocycles. The van der Waals surface area contributed by atoms with E-state index < -0.39 is 17.9 Å². The third-order valence-corrected chi connectivity index (χ3v) is 6.78. The van der Waals surface area contributed by atoms with E-state index in [1.54, 1.807) is 30.3 Å². The summed E-state index contributed by atoms with van der Waals surface area (Å²) in [5.41, 5.74) is 10.4. The Bertz CT molecular complexity index is 1660. The standard InChI is InChI=1S/C32H31N5O3/c1-2-3-15-37-30(19-29(36-37)28-18-22-7-4-5-8-25(22)20-34-28)23-9-6-10-24(17-23)31(39)35-32(40)27(33)16-21-11-13-26(38)14-12-21/h4-14,17-20,27,38H,2-3,15-16,33H2,1H3,(H,35,39,40)/t27-/m0/s1. The molecule has 0 aliphatic rings. The number of hydrogen-bond acceptors (Lipinski definition) is 6. The summed E-state index contributed by atoms with van der Waals surface area (Å²) >= 11 is 0. The van der Waals surface area contributed by atoms with Crippen LogP contribution in [0.2, 0.25) is 0 Å². The van der Waals surface area contributed by atoms with Crippen molar-refractivity contribution in [3.05, 3.63) is 102 Å². The number of unbranched alkanes of at least 4 members (excludes halogenated alkanes) is 1. The van der Waals surface area contributed by atoms with Crippen molar-refractivity contribution in [1.82, 2.24) is 20.1 Å². The molecule has 5 rings (SSSR count). The number of benzene rings is 3. The first-order valence-corrected chi connectivity index (χ1v) is 13.3. The summed E-state index contributed by atoms with van der Waals surface area (Å²) in [7, 11) is 0. The van der Waals surface area contributed by atoms with Gasteiger partial charge in [0, 0.05) is 29.3 Å². The number of phenolic OH excluding ortho intramolecular Hbond substituents is 1. The third kappa shape index (κ3) is 6.08. The summed E-state index contributed by atoms with van der Waals surface area (Å²) in [6, 6.07) is 24.7. The number of rotatable bonds is 9. The van der Waals surface area contributed by atoms with Crippen molar-refractivity contribution in [2.45, 2.75) is 38.8 Å². The van der Waals surface area contributed by atoms with Gasteiger partial charge in [0.15, 0.2) is 0 Å². The quantitative estimate of drug-likeness (QED) is 0.242. The minimum Gasteiger partial charge on any atom is -0.508 e. The smallest absolute Gasteiger partial charge is 0.257 e. The van der Waals surface area contributed by atoms with E-state index in [9.17, 15) is 14.7 Å². The zero-order valence-corrected chi connectivity index (χ0v) is 22.2. The van der Waals surface area contributed by atoms with Gasteiger partial charge in [-0.1, -0.05) is 61.9 Å². The molecule has 0 bridgehead atoms. The average molecular weight is 534 g/mol. The molecule has 0 aliphatic heterocycles. The largest absolute Gasteiger partial charge is 0.508 e. The van der Waals surface area contributed by atoms with Crippen LogP contribution >= 0.6 is 0 Å². The van der Waals surface area contributed by atoms with Crippen molar-refractivity contribution in [3.63, 3.8) is 0 Å². The van der Waals surface area contributed by atoms with Gasteiger partial charge >= 0.3 is 0 Å². The molecule has 2 aromatic heterocycles. The lowest BCUT2D eigenvalue weighted by Gasteiger charge is -2.12. The molecule has 0 saturated carbocycles. The predicted octanol–water partition coefficient (Wildman–Crippen LogP) is 5.10. The van der Waals surface area contributed by atoms with Crippen molar-refractivity contribution in [2.75, 3.05) is 0 Å². The molecule has 8 nitrogen and oxygen atoms in total. The van der Waals surface area contributed by atoms with E-state index in [0.717, 1.165) is 58.4 Å². The summed E-state index contributed by atoms with van der Waals surface area (Å²) in [6.07, 6.45) is 4.05. The van der Waals surface area contributed by atoms with Crippen LogP contribution in [0.3, 0.4) is 0 Å². The number of nitrogens with one attached hydrogen (secondary N) is 1. The number of fused-ring (bicyclic) bond motifs is 1. The number of aromatic hydroxyl groups is 1. The van der Waals surface area contributed by atoms with E-state index in [1.165, 1.54) is 12.1 Å². The normalized spacial score (nSPS) is 11.8. The van der Waals surface area contributed by atoms with Crippen LogP contribution in [0, 0.1) is 0 Å². The van der Waals surface area contributed by atoms with E-state index in [1.807, 2.05) is 47.3 Å². The maximum Gasteiger partial charge on any atom is 0.257 e. The summed E-state index contributed by atoms with van der Waals surface area (Å²) in [5.74, 6) is -0.960. The zero-order chi connectivity index (χ0) is 28.1. The van der Waals surface area contributed by atoms with E-state index in [-0.39, 0.29) is 12.2 Å². The molecule has 4 N–H and O–H groups in total. The molecule has 2 amide bonds. The molecule has 1 atom stereocenters. The Labute approximate surface area is 232 Å². The number of nitrogens with two attached hydrogens (primary N) is 1. The number of aromatic nitrogens is 3. The van der Waals surface area contributed by atoms with Crippen LogP contribution in [-0.4, -0.2) is 37.7 Å². The fourth-order valence-electron chi connectivity index (χ4n) is 4.55. The maximum absolute atomic E-state index is 13.0. The first-order chi connectivity index (χ1) is 19.4. The molecular formula is C32H31N5O3. The Morgan fingerprint density at radius 2 is 1.73 bits per heavy atom. The lowest BCUT2D eigenvalue weighted by molar-refractivity contribution is -0.121. The fourth-order valence-corrected chi connectivity index (χ4v) is 4.55. The van der Waals surface area contributed by atoms with Gasteiger partial charge in [0.05, 0.1) is 17.4 Å². The number of imide groups is 1. The van der Waals surface area contributed by atoms with Gasteiger partial charge < -0.3 is 10.8 Å². The summed E-state index contributed by atoms with van der Waals surface area (Å²) < 4.78 is 1.95. The van der Waals surface area contributed by atoms with Crippen LogP contribution in [0.4, 0.5) is 0 Å². The number of hydrogen-bond donors (Lipinski definition) is 3. The van der Waals surface area contributed by atoms with Gasteiger partial charge in [-0.05, 0) is 60.2 Å². The van der Waals surface area contributed by atoms with Crippen LogP contribution in [0.15, 0.2) is 91.1 Å². The Morgan fingerprint density at radius 3 is 2.50 bits per heavy atom. The molecule has 0 unspecified atom stereocenters. The van der Waals surface area contributed by atoms with Gasteiger partial charge in [-0.15, -0.1) is 0 Å². The molecular weight excluding hydrogens is 502 g/mol. The highest BCUT2D eigenvalue weighted by molar-refractivity contribution is 6.06. The van der Waals surface area contributed by atoms with E-state index >= 15 is 0 Å². The number of carbonyl (C=O) groups excluding carboxylic acids is 2. The molecule has 3 aromatic carbocycles. The first-order valence-electron chi connectivity index (χ1n) is 13.3. The molecule has 0 fully saturated rings. The van der Waals surface area contributed by atoms with Crippen LogP contribution in [0.5, 0.6) is 5.75 Å². The highest BCUT2D eigenvalue weighted by Gasteiger charge is 2.19. The zero-order valence-electron chi connectivity index (χ0n) is 22.2. The summed E-state index contributed by atoms with van der Waals surface area (Å²) in [6.45, 7) is 2.85. The summed E-state index contributed by atoms with van der Waals surface area (Å²) in [5, 5.41) is 18.9. The number of nitrogens with zero attached hydrogens (tertiary/aromatic N) is 3. The van der Waals surface area contributed by atoms with E-state index in [2.05, 4.69) is 23.3 Å². The lowest BCUT2D eigenvalue weighted by Crippen LogP contribution is -2.44. The van der Waals surface area contributed by atoms with Gasteiger partial charge in [0.2, 0.25) is 5.91 Å². The topological polar surface area (TPSA) is 123 Å². The number of carbonyl (C=O) groups is 2. The van der Waals surface area contributed by atoms with Gasteiger partial charge in [0.1, 0.15) is 11.4 Å². The Balaban J connectivity index is 1.37. The minimum atomic E-state index is -0.913. The number of pyridine rings is 1. The first kappa shape index (κ1) is 26.8. The SMILES string of the molecule is CCCCn1nc(-c2cc3ccccc3cn2)cc1-c1cccc(C(=O)NC(=O)[C@@H](N)Cc2ccc(O)cc2)c1. The second-order valence-electron chi connectivity index (χ2n) is 9.78. The van der Waals surface area contributed by atoms with Gasteiger partial charge in [0.25, 0.3) is 5.91 Å². The molecule has 0 radical (unpaired) electrons. The van der Waals surface area contributed by atoms with Crippen LogP contribution in [0.1, 0.15) is 35.7 Å². The molecule has 202 valence electrons. The maximum atomic E-state index is 13.0. The monoisotopic (exact) mass is 533 g/mol. The van der Waals surface area contributed by atoms with Crippen molar-refractivity contribution in [2.24, 2.45) is 5.73 Å². The number of aryl methyl sites for hydroxylation is 1. The van der Waals surface area contributed by atoms with Gasteiger partial charge in [-0.2, -0.15) is 5.10 Å². The Morgan fingerprint density at radius 1 is 0.950 bits per heavy atom. The van der Waals surface area contributed by atoms with Crippen LogP contribution < -0.4 is 11.1 Å². The van der Waals surface area contributed by atoms with Gasteiger partial charge in [-0.25, -0.2) is 0 Å². The number of amides is 2. The third-order valence-electron chi connectivity index (χ3n) is 6.78.